The molecule has 0 atom stereocenters. The van der Waals surface area contributed by atoms with Crippen molar-refractivity contribution in [3.05, 3.63) is 41.5 Å². The maximum absolute atomic E-state index is 12.9. The van der Waals surface area contributed by atoms with Gasteiger partial charge in [-0.15, -0.1) is 0 Å². The summed E-state index contributed by atoms with van der Waals surface area (Å²) in [4.78, 5) is 12.9. The summed E-state index contributed by atoms with van der Waals surface area (Å²) in [6.07, 6.45) is 0. The molecule has 144 valence electrons. The van der Waals surface area contributed by atoms with Crippen LogP contribution in [0.3, 0.4) is 0 Å². The first-order chi connectivity index (χ1) is 12.9. The molecule has 0 radical (unpaired) electrons. The first-order valence-corrected chi connectivity index (χ1v) is 8.42. The third-order valence-electron chi connectivity index (χ3n) is 4.45. The molecular formula is C20H23NO6. The van der Waals surface area contributed by atoms with Crippen molar-refractivity contribution in [3.8, 4) is 28.7 Å². The topological polar surface area (TPSA) is 75.3 Å². The van der Waals surface area contributed by atoms with Gasteiger partial charge >= 0.3 is 0 Å². The third kappa shape index (κ3) is 3.58. The van der Waals surface area contributed by atoms with E-state index in [4.69, 9.17) is 23.7 Å². The summed E-state index contributed by atoms with van der Waals surface area (Å²) in [5.41, 5.74) is 0.657. The van der Waals surface area contributed by atoms with E-state index in [1.54, 1.807) is 12.1 Å². The monoisotopic (exact) mass is 373 g/mol. The molecule has 2 aromatic rings. The van der Waals surface area contributed by atoms with Gasteiger partial charge in [0.2, 0.25) is 12.5 Å². The Hall–Kier alpha value is -3.09. The highest BCUT2D eigenvalue weighted by atomic mass is 16.7. The number of ether oxygens (including phenoxy) is 5. The van der Waals surface area contributed by atoms with Crippen molar-refractivity contribution in [3.63, 3.8) is 0 Å². The number of carbonyl (C=O) groups excluding carboxylic acids is 1. The van der Waals surface area contributed by atoms with Gasteiger partial charge in [0.25, 0.3) is 5.91 Å². The molecule has 0 bridgehead atoms. The van der Waals surface area contributed by atoms with Crippen molar-refractivity contribution in [2.75, 3.05) is 28.1 Å². The molecule has 0 unspecified atom stereocenters. The molecule has 1 amide bonds. The molecule has 7 heteroatoms. The molecular weight excluding hydrogens is 350 g/mol. The van der Waals surface area contributed by atoms with Crippen LogP contribution in [0.4, 0.5) is 0 Å². The second-order valence-electron chi connectivity index (χ2n) is 6.56. The van der Waals surface area contributed by atoms with Gasteiger partial charge in [0.15, 0.2) is 23.0 Å². The number of nitrogens with one attached hydrogen (secondary N) is 1. The van der Waals surface area contributed by atoms with E-state index < -0.39 is 5.54 Å². The van der Waals surface area contributed by atoms with Crippen LogP contribution >= 0.6 is 0 Å². The molecule has 1 N–H and O–H groups in total. The van der Waals surface area contributed by atoms with Crippen molar-refractivity contribution in [1.29, 1.82) is 0 Å². The molecule has 2 aromatic carbocycles. The van der Waals surface area contributed by atoms with Gasteiger partial charge in [0.1, 0.15) is 0 Å². The van der Waals surface area contributed by atoms with E-state index in [2.05, 4.69) is 5.32 Å². The Bertz CT molecular complexity index is 837. The van der Waals surface area contributed by atoms with Crippen molar-refractivity contribution in [2.24, 2.45) is 0 Å². The molecule has 1 aliphatic heterocycles. The van der Waals surface area contributed by atoms with Crippen LogP contribution in [0.5, 0.6) is 28.7 Å². The Labute approximate surface area is 158 Å². The predicted octanol–water partition coefficient (Wildman–Crippen LogP) is 3.11. The van der Waals surface area contributed by atoms with E-state index in [1.807, 2.05) is 32.0 Å². The fourth-order valence-corrected chi connectivity index (χ4v) is 2.93. The molecule has 1 heterocycles. The SMILES string of the molecule is COc1cc(C(=O)NC(C)(C)c2ccc3c(c2)OCO3)cc(OC)c1OC. The number of methoxy groups -OCH3 is 3. The summed E-state index contributed by atoms with van der Waals surface area (Å²) in [5, 5.41) is 3.03. The molecule has 1 aliphatic rings. The van der Waals surface area contributed by atoms with E-state index in [1.165, 1.54) is 21.3 Å². The lowest BCUT2D eigenvalue weighted by atomic mass is 9.93. The normalized spacial score (nSPS) is 12.5. The third-order valence-corrected chi connectivity index (χ3v) is 4.45. The van der Waals surface area contributed by atoms with Gasteiger partial charge in [-0.25, -0.2) is 0 Å². The first kappa shape index (κ1) is 18.7. The zero-order valence-corrected chi connectivity index (χ0v) is 16.0. The van der Waals surface area contributed by atoms with E-state index in [-0.39, 0.29) is 12.7 Å². The van der Waals surface area contributed by atoms with Gasteiger partial charge in [-0.1, -0.05) is 6.07 Å². The second-order valence-corrected chi connectivity index (χ2v) is 6.56. The Morgan fingerprint density at radius 1 is 0.963 bits per heavy atom. The molecule has 27 heavy (non-hydrogen) atoms. The summed E-state index contributed by atoms with van der Waals surface area (Å²) >= 11 is 0. The van der Waals surface area contributed by atoms with Gasteiger partial charge in [0, 0.05) is 5.56 Å². The highest BCUT2D eigenvalue weighted by Gasteiger charge is 2.27. The lowest BCUT2D eigenvalue weighted by molar-refractivity contribution is 0.0911. The minimum absolute atomic E-state index is 0.205. The maximum Gasteiger partial charge on any atom is 0.252 e. The Morgan fingerprint density at radius 2 is 1.59 bits per heavy atom. The van der Waals surface area contributed by atoms with Crippen LogP contribution in [-0.4, -0.2) is 34.0 Å². The number of carbonyl (C=O) groups is 1. The van der Waals surface area contributed by atoms with Gasteiger partial charge in [-0.3, -0.25) is 4.79 Å². The molecule has 0 aliphatic carbocycles. The van der Waals surface area contributed by atoms with E-state index >= 15 is 0 Å². The van der Waals surface area contributed by atoms with E-state index in [0.29, 0.717) is 34.3 Å². The van der Waals surface area contributed by atoms with Gasteiger partial charge in [-0.05, 0) is 43.7 Å². The number of rotatable bonds is 6. The van der Waals surface area contributed by atoms with Crippen molar-refractivity contribution >= 4 is 5.91 Å². The second kappa shape index (κ2) is 7.26. The molecule has 0 aromatic heterocycles. The Kier molecular flexibility index (Phi) is 5.03. The minimum Gasteiger partial charge on any atom is -0.493 e. The average molecular weight is 373 g/mol. The zero-order chi connectivity index (χ0) is 19.6. The zero-order valence-electron chi connectivity index (χ0n) is 16.0. The standard InChI is InChI=1S/C20H23NO6/c1-20(2,13-6-7-14-15(10-13)27-11-26-14)21-19(22)12-8-16(23-3)18(25-5)17(9-12)24-4/h6-10H,11H2,1-5H3,(H,21,22). The highest BCUT2D eigenvalue weighted by molar-refractivity contribution is 5.96. The Balaban J connectivity index is 1.88. The molecule has 0 fully saturated rings. The van der Waals surface area contributed by atoms with Crippen molar-refractivity contribution in [1.82, 2.24) is 5.32 Å². The fraction of sp³-hybridized carbons (Fsp3) is 0.350. The average Bonchev–Trinajstić information content (AvgIpc) is 3.14. The summed E-state index contributed by atoms with van der Waals surface area (Å²) < 4.78 is 26.7. The molecule has 7 nitrogen and oxygen atoms in total. The van der Waals surface area contributed by atoms with Crippen LogP contribution in [0.2, 0.25) is 0 Å². The summed E-state index contributed by atoms with van der Waals surface area (Å²) in [6.45, 7) is 4.04. The van der Waals surface area contributed by atoms with Crippen LogP contribution in [-0.2, 0) is 5.54 Å². The molecule has 0 saturated carbocycles. The largest absolute Gasteiger partial charge is 0.493 e. The van der Waals surface area contributed by atoms with Crippen LogP contribution < -0.4 is 29.0 Å². The van der Waals surface area contributed by atoms with E-state index in [0.717, 1.165) is 5.56 Å². The van der Waals surface area contributed by atoms with Crippen molar-refractivity contribution < 1.29 is 28.5 Å². The van der Waals surface area contributed by atoms with Crippen LogP contribution in [0.15, 0.2) is 30.3 Å². The number of benzene rings is 2. The summed E-state index contributed by atoms with van der Waals surface area (Å²) in [5.74, 6) is 2.38. The van der Waals surface area contributed by atoms with Gasteiger partial charge < -0.3 is 29.0 Å². The van der Waals surface area contributed by atoms with Crippen LogP contribution in [0.1, 0.15) is 29.8 Å². The summed E-state index contributed by atoms with van der Waals surface area (Å²) in [7, 11) is 4.54. The molecule has 0 spiro atoms. The first-order valence-electron chi connectivity index (χ1n) is 8.42. The molecule has 0 saturated heterocycles. The van der Waals surface area contributed by atoms with Crippen LogP contribution in [0, 0.1) is 0 Å². The number of fused-ring (bicyclic) bond motifs is 1. The Morgan fingerprint density at radius 3 is 2.19 bits per heavy atom. The number of hydrogen-bond acceptors (Lipinski definition) is 6. The maximum atomic E-state index is 12.9. The lowest BCUT2D eigenvalue weighted by Crippen LogP contribution is -2.41. The van der Waals surface area contributed by atoms with E-state index in [9.17, 15) is 4.79 Å². The smallest absolute Gasteiger partial charge is 0.252 e. The summed E-state index contributed by atoms with van der Waals surface area (Å²) in [6, 6.07) is 8.85. The van der Waals surface area contributed by atoms with Crippen molar-refractivity contribution in [2.45, 2.75) is 19.4 Å². The highest BCUT2D eigenvalue weighted by Crippen LogP contribution is 2.39. The van der Waals surface area contributed by atoms with Crippen LogP contribution in [0.25, 0.3) is 0 Å². The predicted molar refractivity (Wildman–Crippen MR) is 99.2 cm³/mol. The number of amides is 1. The quantitative estimate of drug-likeness (QED) is 0.839. The number of hydrogen-bond donors (Lipinski definition) is 1. The minimum atomic E-state index is -0.640. The van der Waals surface area contributed by atoms with Gasteiger partial charge in [0.05, 0.1) is 26.9 Å². The fourth-order valence-electron chi connectivity index (χ4n) is 2.93. The lowest BCUT2D eigenvalue weighted by Gasteiger charge is -2.27. The van der Waals surface area contributed by atoms with Gasteiger partial charge in [-0.2, -0.15) is 0 Å². The molecule has 3 rings (SSSR count).